The predicted molar refractivity (Wildman–Crippen MR) is 125 cm³/mol. The number of benzene rings is 1. The molecule has 1 N–H and O–H groups in total. The Kier molecular flexibility index (Phi) is 8.98. The largest absolute Gasteiger partial charge is 0.375 e. The lowest BCUT2D eigenvalue weighted by atomic mass is 10.2. The lowest BCUT2D eigenvalue weighted by Gasteiger charge is -2.32. The highest BCUT2D eigenvalue weighted by atomic mass is 127. The molecular weight excluding hydrogens is 465 g/mol. The molecule has 0 bridgehead atoms. The Balaban J connectivity index is 0.00000280. The van der Waals surface area contributed by atoms with Gasteiger partial charge in [-0.1, -0.05) is 36.4 Å². The summed E-state index contributed by atoms with van der Waals surface area (Å²) in [6, 6.07) is 14.6. The third kappa shape index (κ3) is 6.34. The van der Waals surface area contributed by atoms with Crippen LogP contribution in [0.4, 0.5) is 5.82 Å². The first-order valence-corrected chi connectivity index (χ1v) is 9.43. The first-order valence-electron chi connectivity index (χ1n) is 9.43. The highest BCUT2D eigenvalue weighted by molar-refractivity contribution is 14.0. The second-order valence-electron chi connectivity index (χ2n) is 6.89. The van der Waals surface area contributed by atoms with Crippen LogP contribution in [0.3, 0.4) is 0 Å². The number of pyridine rings is 1. The van der Waals surface area contributed by atoms with Crippen molar-refractivity contribution >= 4 is 35.8 Å². The summed E-state index contributed by atoms with van der Waals surface area (Å²) in [6.07, 6.45) is 2.19. The van der Waals surface area contributed by atoms with Crippen LogP contribution >= 0.6 is 24.0 Å². The van der Waals surface area contributed by atoms with Crippen molar-refractivity contribution in [3.8, 4) is 0 Å². The molecule has 2 aromatic rings. The molecule has 0 spiro atoms. The van der Waals surface area contributed by atoms with Crippen molar-refractivity contribution in [3.05, 3.63) is 59.8 Å². The fourth-order valence-electron chi connectivity index (χ4n) is 3.23. The number of nitrogens with one attached hydrogen (secondary N) is 1. The number of aliphatic imine (C=N–C) groups is 1. The Bertz CT molecular complexity index is 738. The molecule has 1 aliphatic heterocycles. The molecule has 0 radical (unpaired) electrons. The van der Waals surface area contributed by atoms with Gasteiger partial charge in [-0.15, -0.1) is 24.0 Å². The molecule has 1 aromatic heterocycles. The summed E-state index contributed by atoms with van der Waals surface area (Å²) in [7, 11) is 3.86. The third-order valence-electron chi connectivity index (χ3n) is 4.66. The van der Waals surface area contributed by atoms with E-state index in [9.17, 15) is 0 Å². The number of hydrogen-bond donors (Lipinski definition) is 1. The molecule has 0 amide bonds. The summed E-state index contributed by atoms with van der Waals surface area (Å²) in [6.45, 7) is 6.15. The van der Waals surface area contributed by atoms with Crippen molar-refractivity contribution in [1.82, 2.24) is 15.2 Å². The van der Waals surface area contributed by atoms with Gasteiger partial charge in [0.25, 0.3) is 0 Å². The van der Waals surface area contributed by atoms with Crippen molar-refractivity contribution in [2.45, 2.75) is 26.1 Å². The van der Waals surface area contributed by atoms with Gasteiger partial charge in [-0.3, -0.25) is 4.99 Å². The van der Waals surface area contributed by atoms with E-state index >= 15 is 0 Å². The van der Waals surface area contributed by atoms with E-state index in [1.54, 1.807) is 0 Å². The molecule has 1 fully saturated rings. The number of aromatic nitrogens is 1. The standard InChI is InChI=1S/C21H29N5O.HI/c1-17-15-26(11-12-27-17)20-10-9-19(13-23-20)14-24-21(22-2)25(3)16-18-7-5-4-6-8-18;/h4-10,13,17H,11-12,14-16H2,1-3H3,(H,22,24);1H. The predicted octanol–water partition coefficient (Wildman–Crippen LogP) is 3.13. The molecule has 1 unspecified atom stereocenters. The normalized spacial score (nSPS) is 17.0. The smallest absolute Gasteiger partial charge is 0.193 e. The average molecular weight is 495 g/mol. The molecular formula is C21H30IN5O. The lowest BCUT2D eigenvalue weighted by molar-refractivity contribution is 0.0529. The van der Waals surface area contributed by atoms with Crippen LogP contribution in [-0.2, 0) is 17.8 Å². The fourth-order valence-corrected chi connectivity index (χ4v) is 3.23. The number of morpholine rings is 1. The molecule has 0 saturated carbocycles. The maximum atomic E-state index is 5.60. The number of halogens is 1. The van der Waals surface area contributed by atoms with Gasteiger partial charge in [0.1, 0.15) is 5.82 Å². The highest BCUT2D eigenvalue weighted by Gasteiger charge is 2.17. The molecule has 3 rings (SSSR count). The lowest BCUT2D eigenvalue weighted by Crippen LogP contribution is -2.41. The Morgan fingerprint density at radius 1 is 1.25 bits per heavy atom. The van der Waals surface area contributed by atoms with Crippen LogP contribution in [0.2, 0.25) is 0 Å². The van der Waals surface area contributed by atoms with Crippen LogP contribution in [0, 0.1) is 0 Å². The van der Waals surface area contributed by atoms with E-state index in [4.69, 9.17) is 4.74 Å². The van der Waals surface area contributed by atoms with Crippen molar-refractivity contribution in [2.24, 2.45) is 4.99 Å². The van der Waals surface area contributed by atoms with E-state index in [2.05, 4.69) is 68.4 Å². The number of nitrogens with zero attached hydrogens (tertiary/aromatic N) is 4. The van der Waals surface area contributed by atoms with E-state index in [0.717, 1.165) is 43.6 Å². The highest BCUT2D eigenvalue weighted by Crippen LogP contribution is 2.15. The van der Waals surface area contributed by atoms with Gasteiger partial charge in [0, 0.05) is 46.5 Å². The average Bonchev–Trinajstić information content (AvgIpc) is 2.70. The van der Waals surface area contributed by atoms with Crippen LogP contribution < -0.4 is 10.2 Å². The van der Waals surface area contributed by atoms with E-state index in [0.29, 0.717) is 6.54 Å². The van der Waals surface area contributed by atoms with Gasteiger partial charge in [0.05, 0.1) is 12.7 Å². The SMILES string of the molecule is CN=C(NCc1ccc(N2CCOC(C)C2)nc1)N(C)Cc1ccccc1.I. The summed E-state index contributed by atoms with van der Waals surface area (Å²) >= 11 is 0. The van der Waals surface area contributed by atoms with Gasteiger partial charge in [-0.2, -0.15) is 0 Å². The van der Waals surface area contributed by atoms with Gasteiger partial charge >= 0.3 is 0 Å². The molecule has 0 aliphatic carbocycles. The van der Waals surface area contributed by atoms with Gasteiger partial charge < -0.3 is 19.9 Å². The zero-order valence-electron chi connectivity index (χ0n) is 16.8. The fraction of sp³-hybridized carbons (Fsp3) is 0.429. The zero-order chi connectivity index (χ0) is 19.1. The molecule has 1 aliphatic rings. The van der Waals surface area contributed by atoms with Crippen LogP contribution in [-0.4, -0.2) is 55.7 Å². The number of ether oxygens (including phenoxy) is 1. The maximum Gasteiger partial charge on any atom is 0.193 e. The van der Waals surface area contributed by atoms with Gasteiger partial charge in [0.2, 0.25) is 0 Å². The van der Waals surface area contributed by atoms with Gasteiger partial charge in [-0.25, -0.2) is 4.98 Å². The van der Waals surface area contributed by atoms with Crippen LogP contribution in [0.25, 0.3) is 0 Å². The maximum absolute atomic E-state index is 5.60. The second-order valence-corrected chi connectivity index (χ2v) is 6.89. The van der Waals surface area contributed by atoms with E-state index < -0.39 is 0 Å². The Labute approximate surface area is 185 Å². The van der Waals surface area contributed by atoms with Gasteiger partial charge in [0.15, 0.2) is 5.96 Å². The molecule has 1 saturated heterocycles. The Hall–Kier alpha value is -1.87. The molecule has 1 atom stereocenters. The molecule has 28 heavy (non-hydrogen) atoms. The summed E-state index contributed by atoms with van der Waals surface area (Å²) in [4.78, 5) is 13.4. The summed E-state index contributed by atoms with van der Waals surface area (Å²) in [5.74, 6) is 1.88. The monoisotopic (exact) mass is 495 g/mol. The Morgan fingerprint density at radius 3 is 2.68 bits per heavy atom. The first-order chi connectivity index (χ1) is 13.2. The first kappa shape index (κ1) is 22.4. The number of hydrogen-bond acceptors (Lipinski definition) is 4. The number of guanidine groups is 1. The molecule has 2 heterocycles. The van der Waals surface area contributed by atoms with Crippen molar-refractivity contribution < 1.29 is 4.74 Å². The van der Waals surface area contributed by atoms with Crippen LogP contribution in [0.1, 0.15) is 18.1 Å². The third-order valence-corrected chi connectivity index (χ3v) is 4.66. The molecule has 7 heteroatoms. The van der Waals surface area contributed by atoms with Crippen molar-refractivity contribution in [3.63, 3.8) is 0 Å². The quantitative estimate of drug-likeness (QED) is 0.393. The molecule has 152 valence electrons. The summed E-state index contributed by atoms with van der Waals surface area (Å²) in [5.41, 5.74) is 2.39. The summed E-state index contributed by atoms with van der Waals surface area (Å²) in [5, 5.41) is 3.41. The van der Waals surface area contributed by atoms with Crippen molar-refractivity contribution in [2.75, 3.05) is 38.7 Å². The minimum Gasteiger partial charge on any atom is -0.375 e. The minimum atomic E-state index is 0. The number of anilines is 1. The van der Waals surface area contributed by atoms with Crippen molar-refractivity contribution in [1.29, 1.82) is 0 Å². The van der Waals surface area contributed by atoms with Gasteiger partial charge in [-0.05, 0) is 24.1 Å². The van der Waals surface area contributed by atoms with Crippen LogP contribution in [0.5, 0.6) is 0 Å². The van der Waals surface area contributed by atoms with Crippen LogP contribution in [0.15, 0.2) is 53.7 Å². The zero-order valence-corrected chi connectivity index (χ0v) is 19.2. The van der Waals surface area contributed by atoms with E-state index in [1.807, 2.05) is 26.4 Å². The second kappa shape index (κ2) is 11.2. The van der Waals surface area contributed by atoms with E-state index in [1.165, 1.54) is 5.56 Å². The molecule has 1 aromatic carbocycles. The molecule has 6 nitrogen and oxygen atoms in total. The number of rotatable bonds is 5. The Morgan fingerprint density at radius 2 is 2.04 bits per heavy atom. The van der Waals surface area contributed by atoms with E-state index in [-0.39, 0.29) is 30.1 Å². The topological polar surface area (TPSA) is 53.0 Å². The summed E-state index contributed by atoms with van der Waals surface area (Å²) < 4.78 is 5.60. The minimum absolute atomic E-state index is 0.